The SMILES string of the molecule is C[C@@H]1CN(CC(=O)N2CC(C)(C)c3cnc(Cc4ccc(F)cc4)cc32)[C@@H](CN2CCOC[C@@]2(C)CO)CN1. The number of hydrogen-bond donors (Lipinski definition) is 2. The van der Waals surface area contributed by atoms with E-state index in [1.54, 1.807) is 12.1 Å². The topological polar surface area (TPSA) is 81.2 Å². The van der Waals surface area contributed by atoms with E-state index in [0.29, 0.717) is 32.7 Å². The maximum absolute atomic E-state index is 13.9. The number of ether oxygens (including phenoxy) is 1. The van der Waals surface area contributed by atoms with E-state index in [4.69, 9.17) is 9.72 Å². The Morgan fingerprint density at radius 1 is 1.26 bits per heavy atom. The van der Waals surface area contributed by atoms with Crippen molar-refractivity contribution in [2.75, 3.05) is 64.0 Å². The van der Waals surface area contributed by atoms with E-state index < -0.39 is 5.54 Å². The summed E-state index contributed by atoms with van der Waals surface area (Å²) in [5.74, 6) is -0.166. The molecule has 39 heavy (non-hydrogen) atoms. The molecule has 4 heterocycles. The molecule has 212 valence electrons. The zero-order valence-corrected chi connectivity index (χ0v) is 23.6. The summed E-state index contributed by atoms with van der Waals surface area (Å²) in [5, 5.41) is 13.7. The lowest BCUT2D eigenvalue weighted by Crippen LogP contribution is -2.65. The van der Waals surface area contributed by atoms with Crippen LogP contribution in [0.3, 0.4) is 0 Å². The van der Waals surface area contributed by atoms with Gasteiger partial charge in [-0.1, -0.05) is 26.0 Å². The molecule has 3 aliphatic heterocycles. The first-order chi connectivity index (χ1) is 18.6. The molecule has 1 aromatic carbocycles. The highest BCUT2D eigenvalue weighted by Gasteiger charge is 2.41. The van der Waals surface area contributed by atoms with E-state index in [9.17, 15) is 14.3 Å². The van der Waals surface area contributed by atoms with Crippen LogP contribution in [0.1, 0.15) is 44.5 Å². The van der Waals surface area contributed by atoms with Crippen molar-refractivity contribution in [1.29, 1.82) is 0 Å². The van der Waals surface area contributed by atoms with Gasteiger partial charge in [-0.2, -0.15) is 0 Å². The lowest BCUT2D eigenvalue weighted by molar-refractivity contribution is -0.122. The number of hydrogen-bond acceptors (Lipinski definition) is 7. The van der Waals surface area contributed by atoms with Gasteiger partial charge in [0, 0.05) is 74.1 Å². The fraction of sp³-hybridized carbons (Fsp3) is 0.600. The van der Waals surface area contributed by atoms with Crippen LogP contribution in [0.25, 0.3) is 0 Å². The van der Waals surface area contributed by atoms with Gasteiger partial charge in [0.05, 0.1) is 37.6 Å². The maximum Gasteiger partial charge on any atom is 0.241 e. The summed E-state index contributed by atoms with van der Waals surface area (Å²) in [6.45, 7) is 13.8. The lowest BCUT2D eigenvalue weighted by Gasteiger charge is -2.48. The summed E-state index contributed by atoms with van der Waals surface area (Å²) in [7, 11) is 0. The second kappa shape index (κ2) is 11.2. The Labute approximate surface area is 231 Å². The molecule has 1 amide bonds. The van der Waals surface area contributed by atoms with Crippen LogP contribution in [0.15, 0.2) is 36.5 Å². The number of anilines is 1. The Kier molecular flexibility index (Phi) is 8.08. The Morgan fingerprint density at radius 2 is 2.03 bits per heavy atom. The Morgan fingerprint density at radius 3 is 2.77 bits per heavy atom. The molecule has 0 aliphatic carbocycles. The van der Waals surface area contributed by atoms with Crippen LogP contribution in [-0.4, -0.2) is 103 Å². The number of fused-ring (bicyclic) bond motifs is 1. The van der Waals surface area contributed by atoms with Crippen molar-refractivity contribution in [1.82, 2.24) is 20.1 Å². The van der Waals surface area contributed by atoms with Crippen LogP contribution in [0.2, 0.25) is 0 Å². The number of pyridine rings is 1. The second-order valence-electron chi connectivity index (χ2n) is 12.4. The van der Waals surface area contributed by atoms with E-state index in [2.05, 4.69) is 35.9 Å². The molecular formula is C30H42FN5O3. The zero-order chi connectivity index (χ0) is 27.8. The highest BCUT2D eigenvalue weighted by Crippen LogP contribution is 2.40. The van der Waals surface area contributed by atoms with Crippen LogP contribution in [0, 0.1) is 5.82 Å². The monoisotopic (exact) mass is 539 g/mol. The van der Waals surface area contributed by atoms with Crippen molar-refractivity contribution in [2.24, 2.45) is 0 Å². The molecule has 0 unspecified atom stereocenters. The van der Waals surface area contributed by atoms with Gasteiger partial charge in [0.15, 0.2) is 0 Å². The fourth-order valence-electron chi connectivity index (χ4n) is 6.13. The third-order valence-corrected chi connectivity index (χ3v) is 8.63. The molecule has 0 bridgehead atoms. The molecule has 0 spiro atoms. The number of piperazine rings is 1. The summed E-state index contributed by atoms with van der Waals surface area (Å²) >= 11 is 0. The first kappa shape index (κ1) is 28.1. The molecule has 2 aromatic rings. The van der Waals surface area contributed by atoms with E-state index in [1.165, 1.54) is 12.1 Å². The third kappa shape index (κ3) is 6.02. The average molecular weight is 540 g/mol. The Bertz CT molecular complexity index is 1180. The molecule has 0 saturated carbocycles. The number of aromatic nitrogens is 1. The number of morpholine rings is 1. The fourth-order valence-corrected chi connectivity index (χ4v) is 6.13. The molecule has 1 aromatic heterocycles. The van der Waals surface area contributed by atoms with Gasteiger partial charge in [0.1, 0.15) is 5.82 Å². The van der Waals surface area contributed by atoms with Gasteiger partial charge in [0.25, 0.3) is 0 Å². The van der Waals surface area contributed by atoms with Gasteiger partial charge in [0.2, 0.25) is 5.91 Å². The predicted octanol–water partition coefficient (Wildman–Crippen LogP) is 2.18. The van der Waals surface area contributed by atoms with Crippen LogP contribution in [0.4, 0.5) is 10.1 Å². The van der Waals surface area contributed by atoms with Crippen molar-refractivity contribution in [3.05, 3.63) is 59.2 Å². The number of amides is 1. The van der Waals surface area contributed by atoms with Gasteiger partial charge in [-0.25, -0.2) is 4.39 Å². The van der Waals surface area contributed by atoms with Crippen LogP contribution in [0.5, 0.6) is 0 Å². The summed E-state index contributed by atoms with van der Waals surface area (Å²) in [6, 6.07) is 8.95. The normalized spacial score (nSPS) is 27.5. The van der Waals surface area contributed by atoms with Gasteiger partial charge >= 0.3 is 0 Å². The minimum Gasteiger partial charge on any atom is -0.394 e. The minimum absolute atomic E-state index is 0.0381. The van der Waals surface area contributed by atoms with Crippen molar-refractivity contribution in [3.8, 4) is 0 Å². The number of nitrogens with one attached hydrogen (secondary N) is 1. The second-order valence-corrected chi connectivity index (χ2v) is 12.4. The van der Waals surface area contributed by atoms with E-state index in [1.807, 2.05) is 24.1 Å². The number of aliphatic hydroxyl groups excluding tert-OH is 1. The number of carbonyl (C=O) groups is 1. The third-order valence-electron chi connectivity index (χ3n) is 8.63. The quantitative estimate of drug-likeness (QED) is 0.558. The summed E-state index contributed by atoms with van der Waals surface area (Å²) in [4.78, 5) is 25.2. The van der Waals surface area contributed by atoms with Gasteiger partial charge < -0.3 is 20.1 Å². The van der Waals surface area contributed by atoms with E-state index >= 15 is 0 Å². The average Bonchev–Trinajstić information content (AvgIpc) is 3.18. The van der Waals surface area contributed by atoms with Crippen LogP contribution in [-0.2, 0) is 21.4 Å². The number of aliphatic hydroxyl groups is 1. The Balaban J connectivity index is 1.33. The molecule has 2 fully saturated rings. The number of carbonyl (C=O) groups excluding carboxylic acids is 1. The number of rotatable bonds is 7. The predicted molar refractivity (Wildman–Crippen MR) is 150 cm³/mol. The van der Waals surface area contributed by atoms with Gasteiger partial charge in [-0.05, 0) is 37.6 Å². The molecule has 8 nitrogen and oxygen atoms in total. The standard InChI is InChI=1S/C30H42FN5O3/c1-21-15-34(25(13-32-21)16-35-9-10-39-20-30(35,4)19-37)17-28(38)36-18-29(2,3)26-14-33-24(12-27(26)36)11-22-5-7-23(31)8-6-22/h5-8,12,14,21,25,32,37H,9-11,13,15-20H2,1-4H3/t21-,25-,30-/m1/s1. The summed E-state index contributed by atoms with van der Waals surface area (Å²) in [6.07, 6.45) is 2.49. The largest absolute Gasteiger partial charge is 0.394 e. The van der Waals surface area contributed by atoms with Crippen molar-refractivity contribution >= 4 is 11.6 Å². The number of halogens is 1. The van der Waals surface area contributed by atoms with Crippen molar-refractivity contribution in [2.45, 2.75) is 57.2 Å². The summed E-state index contributed by atoms with van der Waals surface area (Å²) < 4.78 is 19.0. The number of benzene rings is 1. The van der Waals surface area contributed by atoms with E-state index in [0.717, 1.165) is 48.7 Å². The summed E-state index contributed by atoms with van der Waals surface area (Å²) in [5.41, 5.74) is 3.24. The minimum atomic E-state index is -0.414. The maximum atomic E-state index is 13.9. The van der Waals surface area contributed by atoms with Gasteiger partial charge in [-0.15, -0.1) is 0 Å². The molecule has 3 aliphatic rings. The molecule has 2 saturated heterocycles. The molecule has 5 rings (SSSR count). The molecule has 3 atom stereocenters. The van der Waals surface area contributed by atoms with Crippen LogP contribution < -0.4 is 10.2 Å². The molecule has 9 heteroatoms. The highest BCUT2D eigenvalue weighted by molar-refractivity contribution is 5.97. The molecule has 2 N–H and O–H groups in total. The molecule has 0 radical (unpaired) electrons. The van der Waals surface area contributed by atoms with Crippen molar-refractivity contribution < 1.29 is 19.0 Å². The zero-order valence-electron chi connectivity index (χ0n) is 23.6. The number of nitrogens with zero attached hydrogens (tertiary/aromatic N) is 4. The molecular weight excluding hydrogens is 497 g/mol. The van der Waals surface area contributed by atoms with Crippen LogP contribution >= 0.6 is 0 Å². The van der Waals surface area contributed by atoms with Crippen molar-refractivity contribution in [3.63, 3.8) is 0 Å². The lowest BCUT2D eigenvalue weighted by atomic mass is 9.88. The van der Waals surface area contributed by atoms with Gasteiger partial charge in [-0.3, -0.25) is 19.6 Å². The highest BCUT2D eigenvalue weighted by atomic mass is 19.1. The Hall–Kier alpha value is -2.43. The van der Waals surface area contributed by atoms with E-state index in [-0.39, 0.29) is 35.8 Å². The first-order valence-corrected chi connectivity index (χ1v) is 14.0. The first-order valence-electron chi connectivity index (χ1n) is 14.0. The smallest absolute Gasteiger partial charge is 0.241 e.